The summed E-state index contributed by atoms with van der Waals surface area (Å²) in [5.41, 5.74) is 2.87. The number of aromatic nitrogens is 1. The molecule has 1 N–H and O–H groups in total. The number of hydrogen-bond acceptors (Lipinski definition) is 4. The zero-order valence-corrected chi connectivity index (χ0v) is 13.4. The van der Waals surface area contributed by atoms with Gasteiger partial charge in [-0.2, -0.15) is 0 Å². The summed E-state index contributed by atoms with van der Waals surface area (Å²) < 4.78 is 5.24. The lowest BCUT2D eigenvalue weighted by molar-refractivity contribution is -0.141. The fraction of sp³-hybridized carbons (Fsp3) is 0.211. The number of hydrogen-bond donors (Lipinski definition) is 1. The van der Waals surface area contributed by atoms with Crippen molar-refractivity contribution in [1.82, 2.24) is 10.1 Å². The van der Waals surface area contributed by atoms with E-state index in [0.717, 1.165) is 16.5 Å². The highest BCUT2D eigenvalue weighted by Gasteiger charge is 2.32. The normalized spacial score (nSPS) is 16.6. The van der Waals surface area contributed by atoms with Gasteiger partial charge in [-0.25, -0.2) is 0 Å². The van der Waals surface area contributed by atoms with E-state index < -0.39 is 11.9 Å². The predicted molar refractivity (Wildman–Crippen MR) is 89.9 cm³/mol. The molecular formula is C19H16N2O4. The Hall–Kier alpha value is -3.15. The van der Waals surface area contributed by atoms with Crippen molar-refractivity contribution in [1.29, 1.82) is 0 Å². The monoisotopic (exact) mass is 336 g/mol. The number of carbonyl (C=O) groups excluding carboxylic acids is 1. The topological polar surface area (TPSA) is 83.6 Å². The van der Waals surface area contributed by atoms with Crippen LogP contribution in [-0.2, 0) is 22.6 Å². The molecule has 6 nitrogen and oxygen atoms in total. The fourth-order valence-corrected chi connectivity index (χ4v) is 3.33. The molecule has 3 aromatic rings. The van der Waals surface area contributed by atoms with Gasteiger partial charge in [0.1, 0.15) is 5.69 Å². The number of nitrogens with zero attached hydrogens (tertiary/aromatic N) is 2. The van der Waals surface area contributed by atoms with Crippen LogP contribution in [0.4, 0.5) is 0 Å². The first-order valence-corrected chi connectivity index (χ1v) is 8.05. The number of para-hydroxylation sites is 1. The molecule has 0 saturated carbocycles. The van der Waals surface area contributed by atoms with Crippen molar-refractivity contribution < 1.29 is 19.2 Å². The number of carbonyl (C=O) groups is 2. The second kappa shape index (κ2) is 6.05. The number of benzene rings is 2. The highest BCUT2D eigenvalue weighted by molar-refractivity contribution is 5.87. The number of amides is 1. The third-order valence-corrected chi connectivity index (χ3v) is 4.62. The third-order valence-electron chi connectivity index (χ3n) is 4.62. The van der Waals surface area contributed by atoms with E-state index in [1.54, 1.807) is 11.0 Å². The Morgan fingerprint density at radius 2 is 1.92 bits per heavy atom. The Bertz CT molecular complexity index is 963. The number of aliphatic carboxylic acids is 1. The molecule has 4 rings (SSSR count). The van der Waals surface area contributed by atoms with Crippen LogP contribution in [0.25, 0.3) is 11.0 Å². The lowest BCUT2D eigenvalue weighted by Crippen LogP contribution is -2.41. The minimum absolute atomic E-state index is 0.0888. The van der Waals surface area contributed by atoms with Crippen LogP contribution in [0, 0.1) is 0 Å². The summed E-state index contributed by atoms with van der Waals surface area (Å²) in [5, 5.41) is 14.3. The van der Waals surface area contributed by atoms with Gasteiger partial charge in [0.25, 0.3) is 0 Å². The van der Waals surface area contributed by atoms with Crippen LogP contribution in [0.15, 0.2) is 53.1 Å². The molecule has 1 aliphatic heterocycles. The average molecular weight is 336 g/mol. The summed E-state index contributed by atoms with van der Waals surface area (Å²) in [5.74, 6) is -1.78. The molecule has 2 aromatic carbocycles. The SMILES string of the molecule is O=C(O)C1CN(C(=O)Cc2noc3ccccc23)Cc2ccccc21. The van der Waals surface area contributed by atoms with Gasteiger partial charge in [-0.3, -0.25) is 9.59 Å². The summed E-state index contributed by atoms with van der Waals surface area (Å²) in [6, 6.07) is 14.7. The van der Waals surface area contributed by atoms with Gasteiger partial charge < -0.3 is 14.5 Å². The van der Waals surface area contributed by atoms with Gasteiger partial charge in [0.05, 0.1) is 12.3 Å². The summed E-state index contributed by atoms with van der Waals surface area (Å²) in [4.78, 5) is 25.9. The first kappa shape index (κ1) is 15.4. The van der Waals surface area contributed by atoms with Gasteiger partial charge in [-0.05, 0) is 23.3 Å². The van der Waals surface area contributed by atoms with E-state index in [2.05, 4.69) is 5.16 Å². The molecule has 25 heavy (non-hydrogen) atoms. The van der Waals surface area contributed by atoms with Crippen molar-refractivity contribution in [3.8, 4) is 0 Å². The van der Waals surface area contributed by atoms with E-state index in [9.17, 15) is 14.7 Å². The van der Waals surface area contributed by atoms with Crippen molar-refractivity contribution in [2.24, 2.45) is 0 Å². The third kappa shape index (κ3) is 2.76. The van der Waals surface area contributed by atoms with Gasteiger partial charge in [-0.15, -0.1) is 0 Å². The van der Waals surface area contributed by atoms with Crippen LogP contribution in [-0.4, -0.2) is 33.6 Å². The first-order valence-electron chi connectivity index (χ1n) is 8.05. The molecule has 0 saturated heterocycles. The molecule has 1 amide bonds. The molecule has 0 fully saturated rings. The van der Waals surface area contributed by atoms with Crippen molar-refractivity contribution in [2.75, 3.05) is 6.54 Å². The summed E-state index contributed by atoms with van der Waals surface area (Å²) in [6.45, 7) is 0.579. The van der Waals surface area contributed by atoms with Crippen molar-refractivity contribution in [3.05, 3.63) is 65.4 Å². The second-order valence-corrected chi connectivity index (χ2v) is 6.17. The number of fused-ring (bicyclic) bond motifs is 2. The van der Waals surface area contributed by atoms with Gasteiger partial charge in [0.2, 0.25) is 5.91 Å². The van der Waals surface area contributed by atoms with Crippen molar-refractivity contribution >= 4 is 22.8 Å². The minimum Gasteiger partial charge on any atom is -0.481 e. The Morgan fingerprint density at radius 1 is 1.16 bits per heavy atom. The molecule has 0 aliphatic carbocycles. The van der Waals surface area contributed by atoms with Gasteiger partial charge in [-0.1, -0.05) is 41.6 Å². The number of carboxylic acid groups (broad SMARTS) is 1. The largest absolute Gasteiger partial charge is 0.481 e. The Labute approximate surface area is 143 Å². The highest BCUT2D eigenvalue weighted by atomic mass is 16.5. The number of carboxylic acids is 1. The van der Waals surface area contributed by atoms with E-state index in [1.165, 1.54) is 0 Å². The number of rotatable bonds is 3. The van der Waals surface area contributed by atoms with Crippen LogP contribution < -0.4 is 0 Å². The van der Waals surface area contributed by atoms with Crippen LogP contribution in [0.5, 0.6) is 0 Å². The first-order chi connectivity index (χ1) is 12.1. The molecule has 0 radical (unpaired) electrons. The van der Waals surface area contributed by atoms with E-state index in [1.807, 2.05) is 42.5 Å². The van der Waals surface area contributed by atoms with Crippen LogP contribution >= 0.6 is 0 Å². The summed E-state index contributed by atoms with van der Waals surface area (Å²) >= 11 is 0. The average Bonchev–Trinajstić information content (AvgIpc) is 3.03. The quantitative estimate of drug-likeness (QED) is 0.795. The van der Waals surface area contributed by atoms with Crippen LogP contribution in [0.1, 0.15) is 22.7 Å². The minimum atomic E-state index is -0.920. The fourth-order valence-electron chi connectivity index (χ4n) is 3.33. The maximum Gasteiger partial charge on any atom is 0.312 e. The molecule has 1 aliphatic rings. The second-order valence-electron chi connectivity index (χ2n) is 6.17. The zero-order valence-electron chi connectivity index (χ0n) is 13.4. The zero-order chi connectivity index (χ0) is 17.4. The molecule has 0 spiro atoms. The summed E-state index contributed by atoms with van der Waals surface area (Å²) in [7, 11) is 0. The maximum absolute atomic E-state index is 12.7. The molecule has 6 heteroatoms. The molecular weight excluding hydrogens is 320 g/mol. The lowest BCUT2D eigenvalue weighted by atomic mass is 9.89. The smallest absolute Gasteiger partial charge is 0.312 e. The lowest BCUT2D eigenvalue weighted by Gasteiger charge is -2.32. The van der Waals surface area contributed by atoms with Gasteiger partial charge in [0, 0.05) is 18.5 Å². The molecule has 126 valence electrons. The van der Waals surface area contributed by atoms with E-state index in [4.69, 9.17) is 4.52 Å². The van der Waals surface area contributed by atoms with Crippen LogP contribution in [0.2, 0.25) is 0 Å². The molecule has 1 unspecified atom stereocenters. The van der Waals surface area contributed by atoms with Gasteiger partial charge >= 0.3 is 5.97 Å². The van der Waals surface area contributed by atoms with E-state index >= 15 is 0 Å². The van der Waals surface area contributed by atoms with Crippen molar-refractivity contribution in [3.63, 3.8) is 0 Å². The van der Waals surface area contributed by atoms with Crippen LogP contribution in [0.3, 0.4) is 0 Å². The predicted octanol–water partition coefficient (Wildman–Crippen LogP) is 2.58. The maximum atomic E-state index is 12.7. The van der Waals surface area contributed by atoms with E-state index in [-0.39, 0.29) is 18.9 Å². The molecule has 2 heterocycles. The molecule has 1 atom stereocenters. The van der Waals surface area contributed by atoms with Crippen molar-refractivity contribution in [2.45, 2.75) is 18.9 Å². The standard InChI is InChI=1S/C19H16N2O4/c22-18(9-16-14-7-3-4-8-17(14)25-20-16)21-10-12-5-1-2-6-13(12)15(11-21)19(23)24/h1-8,15H,9-11H2,(H,23,24). The Balaban J connectivity index is 1.60. The molecule has 0 bridgehead atoms. The molecule has 1 aromatic heterocycles. The Kier molecular flexibility index (Phi) is 3.72. The highest BCUT2D eigenvalue weighted by Crippen LogP contribution is 2.29. The summed E-state index contributed by atoms with van der Waals surface area (Å²) in [6.07, 6.45) is 0.0888. The van der Waals surface area contributed by atoms with E-state index in [0.29, 0.717) is 17.8 Å². The van der Waals surface area contributed by atoms with Gasteiger partial charge in [0.15, 0.2) is 5.58 Å². The Morgan fingerprint density at radius 3 is 2.76 bits per heavy atom.